The average Bonchev–Trinajstić information content (AvgIpc) is 2.79. The molecule has 1 aromatic carbocycles. The number of benzene rings is 1. The van der Waals surface area contributed by atoms with E-state index in [0.29, 0.717) is 0 Å². The summed E-state index contributed by atoms with van der Waals surface area (Å²) in [5.74, 6) is 0.824. The van der Waals surface area contributed by atoms with Crippen molar-refractivity contribution < 1.29 is 4.39 Å². The van der Waals surface area contributed by atoms with Crippen LogP contribution in [0.25, 0.3) is 0 Å². The lowest BCUT2D eigenvalue weighted by atomic mass is 10.2. The molecule has 0 amide bonds. The smallest absolute Gasteiger partial charge is 0.123 e. The maximum Gasteiger partial charge on any atom is 0.123 e. The quantitative estimate of drug-likeness (QED) is 0.859. The zero-order chi connectivity index (χ0) is 12.1. The van der Waals surface area contributed by atoms with Crippen molar-refractivity contribution in [3.63, 3.8) is 0 Å². The van der Waals surface area contributed by atoms with Gasteiger partial charge in [-0.05, 0) is 24.6 Å². The first kappa shape index (κ1) is 11.8. The van der Waals surface area contributed by atoms with Crippen LogP contribution in [-0.4, -0.2) is 9.55 Å². The van der Waals surface area contributed by atoms with Gasteiger partial charge in [0.1, 0.15) is 11.6 Å². The Morgan fingerprint density at radius 3 is 2.71 bits per heavy atom. The van der Waals surface area contributed by atoms with E-state index in [1.54, 1.807) is 18.3 Å². The molecule has 3 nitrogen and oxygen atoms in total. The third-order valence-electron chi connectivity index (χ3n) is 2.67. The Morgan fingerprint density at radius 2 is 2.00 bits per heavy atom. The van der Waals surface area contributed by atoms with Gasteiger partial charge in [0.05, 0.1) is 6.54 Å². The number of hydrogen-bond acceptors (Lipinski definition) is 2. The van der Waals surface area contributed by atoms with E-state index in [0.717, 1.165) is 31.0 Å². The van der Waals surface area contributed by atoms with Crippen LogP contribution in [0.2, 0.25) is 0 Å². The average molecular weight is 233 g/mol. The van der Waals surface area contributed by atoms with Gasteiger partial charge >= 0.3 is 0 Å². The number of nitrogens with one attached hydrogen (secondary N) is 1. The zero-order valence-corrected chi connectivity index (χ0v) is 9.86. The summed E-state index contributed by atoms with van der Waals surface area (Å²) in [6, 6.07) is 6.53. The molecule has 0 unspecified atom stereocenters. The van der Waals surface area contributed by atoms with E-state index in [1.807, 2.05) is 6.20 Å². The first-order valence-electron chi connectivity index (χ1n) is 5.74. The molecule has 0 saturated heterocycles. The molecule has 90 valence electrons. The summed E-state index contributed by atoms with van der Waals surface area (Å²) < 4.78 is 14.8. The second-order valence-corrected chi connectivity index (χ2v) is 3.86. The highest BCUT2D eigenvalue weighted by molar-refractivity contribution is 5.15. The largest absolute Gasteiger partial charge is 0.334 e. The molecule has 0 aliphatic heterocycles. The Hall–Kier alpha value is -1.68. The minimum Gasteiger partial charge on any atom is -0.334 e. The molecule has 0 fully saturated rings. The van der Waals surface area contributed by atoms with E-state index >= 15 is 0 Å². The Labute approximate surface area is 100 Å². The van der Waals surface area contributed by atoms with E-state index in [2.05, 4.69) is 21.8 Å². The fourth-order valence-corrected chi connectivity index (χ4v) is 1.72. The summed E-state index contributed by atoms with van der Waals surface area (Å²) in [5, 5.41) is 3.29. The van der Waals surface area contributed by atoms with E-state index in [1.165, 1.54) is 12.1 Å². The molecule has 0 saturated carbocycles. The van der Waals surface area contributed by atoms with Crippen molar-refractivity contribution in [2.24, 2.45) is 0 Å². The highest BCUT2D eigenvalue weighted by Crippen LogP contribution is 2.03. The molecule has 0 atom stereocenters. The molecular weight excluding hydrogens is 217 g/mol. The Kier molecular flexibility index (Phi) is 3.88. The van der Waals surface area contributed by atoms with Crippen molar-refractivity contribution >= 4 is 0 Å². The number of aryl methyl sites for hydroxylation is 1. The van der Waals surface area contributed by atoms with E-state index in [-0.39, 0.29) is 5.82 Å². The SMILES string of the molecule is CCn1ccnc1CNCc1ccc(F)cc1. The molecule has 0 aliphatic carbocycles. The second kappa shape index (κ2) is 5.59. The van der Waals surface area contributed by atoms with Crippen LogP contribution in [0.15, 0.2) is 36.7 Å². The van der Waals surface area contributed by atoms with Crippen LogP contribution >= 0.6 is 0 Å². The predicted octanol–water partition coefficient (Wildman–Crippen LogP) is 2.33. The van der Waals surface area contributed by atoms with Crippen molar-refractivity contribution in [1.29, 1.82) is 0 Å². The summed E-state index contributed by atoms with van der Waals surface area (Å²) in [6.07, 6.45) is 3.77. The molecule has 1 heterocycles. The summed E-state index contributed by atoms with van der Waals surface area (Å²) in [6.45, 7) is 4.45. The Bertz CT molecular complexity index is 462. The topological polar surface area (TPSA) is 29.9 Å². The molecule has 4 heteroatoms. The van der Waals surface area contributed by atoms with Crippen LogP contribution in [0.4, 0.5) is 4.39 Å². The fourth-order valence-electron chi connectivity index (χ4n) is 1.72. The lowest BCUT2D eigenvalue weighted by Gasteiger charge is -2.06. The number of aromatic nitrogens is 2. The van der Waals surface area contributed by atoms with Gasteiger partial charge in [0.25, 0.3) is 0 Å². The van der Waals surface area contributed by atoms with Gasteiger partial charge in [-0.15, -0.1) is 0 Å². The van der Waals surface area contributed by atoms with E-state index < -0.39 is 0 Å². The second-order valence-electron chi connectivity index (χ2n) is 3.86. The van der Waals surface area contributed by atoms with E-state index in [9.17, 15) is 4.39 Å². The molecule has 1 N–H and O–H groups in total. The fraction of sp³-hybridized carbons (Fsp3) is 0.308. The van der Waals surface area contributed by atoms with Crippen molar-refractivity contribution in [2.75, 3.05) is 0 Å². The zero-order valence-electron chi connectivity index (χ0n) is 9.86. The van der Waals surface area contributed by atoms with Gasteiger partial charge in [-0.3, -0.25) is 0 Å². The Morgan fingerprint density at radius 1 is 1.24 bits per heavy atom. The summed E-state index contributed by atoms with van der Waals surface area (Å²) in [7, 11) is 0. The first-order chi connectivity index (χ1) is 8.29. The van der Waals surface area contributed by atoms with Crippen LogP contribution in [0, 0.1) is 5.82 Å². The van der Waals surface area contributed by atoms with Crippen LogP contribution in [0.1, 0.15) is 18.3 Å². The maximum atomic E-state index is 12.7. The van der Waals surface area contributed by atoms with Crippen LogP contribution in [-0.2, 0) is 19.6 Å². The summed E-state index contributed by atoms with van der Waals surface area (Å²) >= 11 is 0. The number of hydrogen-bond donors (Lipinski definition) is 1. The molecule has 17 heavy (non-hydrogen) atoms. The highest BCUT2D eigenvalue weighted by atomic mass is 19.1. The summed E-state index contributed by atoms with van der Waals surface area (Å²) in [5.41, 5.74) is 1.07. The van der Waals surface area contributed by atoms with Gasteiger partial charge in [0.15, 0.2) is 0 Å². The molecular formula is C13H16FN3. The Balaban J connectivity index is 1.85. The van der Waals surface area contributed by atoms with Crippen molar-refractivity contribution in [3.8, 4) is 0 Å². The number of halogens is 1. The monoisotopic (exact) mass is 233 g/mol. The minimum atomic E-state index is -0.199. The molecule has 0 bridgehead atoms. The van der Waals surface area contributed by atoms with Gasteiger partial charge in [0, 0.05) is 25.5 Å². The predicted molar refractivity (Wildman–Crippen MR) is 64.8 cm³/mol. The standard InChI is InChI=1S/C13H16FN3/c1-2-17-8-7-16-13(17)10-15-9-11-3-5-12(14)6-4-11/h3-8,15H,2,9-10H2,1H3. The number of imidazole rings is 1. The van der Waals surface area contributed by atoms with Crippen LogP contribution in [0.5, 0.6) is 0 Å². The van der Waals surface area contributed by atoms with Gasteiger partial charge in [-0.1, -0.05) is 12.1 Å². The molecule has 0 spiro atoms. The molecule has 0 aliphatic rings. The lowest BCUT2D eigenvalue weighted by Crippen LogP contribution is -2.16. The molecule has 1 aromatic heterocycles. The summed E-state index contributed by atoms with van der Waals surface area (Å²) in [4.78, 5) is 4.27. The van der Waals surface area contributed by atoms with Crippen molar-refractivity contribution in [2.45, 2.75) is 26.6 Å². The highest BCUT2D eigenvalue weighted by Gasteiger charge is 2.00. The minimum absolute atomic E-state index is 0.199. The van der Waals surface area contributed by atoms with Crippen molar-refractivity contribution in [3.05, 3.63) is 53.9 Å². The number of nitrogens with zero attached hydrogens (tertiary/aromatic N) is 2. The van der Waals surface area contributed by atoms with Gasteiger partial charge in [0.2, 0.25) is 0 Å². The van der Waals surface area contributed by atoms with Crippen LogP contribution < -0.4 is 5.32 Å². The van der Waals surface area contributed by atoms with E-state index in [4.69, 9.17) is 0 Å². The maximum absolute atomic E-state index is 12.7. The lowest BCUT2D eigenvalue weighted by molar-refractivity contribution is 0.608. The van der Waals surface area contributed by atoms with Gasteiger partial charge in [-0.2, -0.15) is 0 Å². The first-order valence-corrected chi connectivity index (χ1v) is 5.74. The van der Waals surface area contributed by atoms with Gasteiger partial charge < -0.3 is 9.88 Å². The molecule has 0 radical (unpaired) electrons. The van der Waals surface area contributed by atoms with Crippen molar-refractivity contribution in [1.82, 2.24) is 14.9 Å². The number of rotatable bonds is 5. The van der Waals surface area contributed by atoms with Gasteiger partial charge in [-0.25, -0.2) is 9.37 Å². The third-order valence-corrected chi connectivity index (χ3v) is 2.67. The third kappa shape index (κ3) is 3.14. The molecule has 2 rings (SSSR count). The normalized spacial score (nSPS) is 10.7. The van der Waals surface area contributed by atoms with Crippen LogP contribution in [0.3, 0.4) is 0 Å². The molecule has 2 aromatic rings.